The van der Waals surface area contributed by atoms with Gasteiger partial charge in [0, 0.05) is 11.3 Å². The summed E-state index contributed by atoms with van der Waals surface area (Å²) in [5, 5.41) is 11.8. The predicted molar refractivity (Wildman–Crippen MR) is 64.6 cm³/mol. The molecule has 2 aromatic rings. The number of anilines is 1. The van der Waals surface area contributed by atoms with Gasteiger partial charge < -0.3 is 10.4 Å². The zero-order chi connectivity index (χ0) is 12.7. The molecule has 0 saturated heterocycles. The Morgan fingerprint density at radius 2 is 2.22 bits per heavy atom. The van der Waals surface area contributed by atoms with Gasteiger partial charge in [-0.2, -0.15) is 8.75 Å². The van der Waals surface area contributed by atoms with E-state index >= 15 is 0 Å². The molecule has 2 N–H and O–H groups in total. The summed E-state index contributed by atoms with van der Waals surface area (Å²) in [5.41, 5.74) is 2.38. The van der Waals surface area contributed by atoms with Gasteiger partial charge in [-0.25, -0.2) is 4.79 Å². The van der Waals surface area contributed by atoms with Crippen LogP contribution in [0.1, 0.15) is 16.1 Å². The number of aromatic nitrogens is 2. The molecule has 0 unspecified atom stereocenters. The number of carboxylic acids is 1. The SMILES string of the molecule is O=C1Cc2c(cccc2-c2nsnc2C(=O)O)N1. The Balaban J connectivity index is 2.19. The van der Waals surface area contributed by atoms with Gasteiger partial charge in [-0.15, -0.1) is 0 Å². The molecule has 0 atom stereocenters. The Morgan fingerprint density at radius 1 is 1.39 bits per heavy atom. The van der Waals surface area contributed by atoms with Crippen LogP contribution in [0.5, 0.6) is 0 Å². The van der Waals surface area contributed by atoms with Crippen molar-refractivity contribution in [3.8, 4) is 11.3 Å². The molecule has 90 valence electrons. The van der Waals surface area contributed by atoms with Crippen LogP contribution in [0, 0.1) is 0 Å². The molecule has 0 aliphatic carbocycles. The van der Waals surface area contributed by atoms with Crippen LogP contribution in [0.2, 0.25) is 0 Å². The summed E-state index contributed by atoms with van der Waals surface area (Å²) in [7, 11) is 0. The molecule has 1 aliphatic heterocycles. The first kappa shape index (κ1) is 10.8. The van der Waals surface area contributed by atoms with E-state index in [0.717, 1.165) is 17.3 Å². The Morgan fingerprint density at radius 3 is 3.00 bits per heavy atom. The van der Waals surface area contributed by atoms with Gasteiger partial charge in [-0.05, 0) is 11.6 Å². The minimum Gasteiger partial charge on any atom is -0.476 e. The normalized spacial score (nSPS) is 13.2. The van der Waals surface area contributed by atoms with Crippen molar-refractivity contribution in [1.29, 1.82) is 0 Å². The maximum Gasteiger partial charge on any atom is 0.357 e. The highest BCUT2D eigenvalue weighted by molar-refractivity contribution is 6.99. The van der Waals surface area contributed by atoms with E-state index < -0.39 is 5.97 Å². The number of aromatic carboxylic acids is 1. The van der Waals surface area contributed by atoms with Crippen LogP contribution in [0.3, 0.4) is 0 Å². The molecule has 1 aromatic carbocycles. The van der Waals surface area contributed by atoms with Crippen molar-refractivity contribution in [2.45, 2.75) is 6.42 Å². The molecule has 0 bridgehead atoms. The summed E-state index contributed by atoms with van der Waals surface area (Å²) in [6, 6.07) is 5.29. The van der Waals surface area contributed by atoms with E-state index in [1.165, 1.54) is 0 Å². The van der Waals surface area contributed by atoms with Crippen molar-refractivity contribution in [3.63, 3.8) is 0 Å². The second-order valence-electron chi connectivity index (χ2n) is 3.82. The third-order valence-corrected chi connectivity index (χ3v) is 3.26. The molecule has 1 aliphatic rings. The van der Waals surface area contributed by atoms with Crippen molar-refractivity contribution < 1.29 is 14.7 Å². The summed E-state index contributed by atoms with van der Waals surface area (Å²) in [6.45, 7) is 0. The lowest BCUT2D eigenvalue weighted by molar-refractivity contribution is -0.115. The van der Waals surface area contributed by atoms with E-state index in [2.05, 4.69) is 14.1 Å². The maximum atomic E-state index is 11.4. The van der Waals surface area contributed by atoms with Gasteiger partial charge in [0.05, 0.1) is 18.1 Å². The molecule has 1 aromatic heterocycles. The number of benzene rings is 1. The molecule has 1 amide bonds. The predicted octanol–water partition coefficient (Wildman–Crippen LogP) is 1.40. The molecule has 0 fully saturated rings. The molecule has 6 nitrogen and oxygen atoms in total. The monoisotopic (exact) mass is 261 g/mol. The van der Waals surface area contributed by atoms with Crippen LogP contribution in [0.4, 0.5) is 5.69 Å². The van der Waals surface area contributed by atoms with Crippen molar-refractivity contribution in [1.82, 2.24) is 8.75 Å². The van der Waals surface area contributed by atoms with Crippen LogP contribution in [-0.2, 0) is 11.2 Å². The second kappa shape index (κ2) is 3.88. The molecule has 3 rings (SSSR count). The number of fused-ring (bicyclic) bond motifs is 1. The summed E-state index contributed by atoms with van der Waals surface area (Å²) in [6.07, 6.45) is 0.238. The van der Waals surface area contributed by atoms with Crippen molar-refractivity contribution >= 4 is 29.3 Å². The van der Waals surface area contributed by atoms with Crippen molar-refractivity contribution in [2.24, 2.45) is 0 Å². The van der Waals surface area contributed by atoms with E-state index in [4.69, 9.17) is 5.11 Å². The molecule has 0 saturated carbocycles. The van der Waals surface area contributed by atoms with Gasteiger partial charge in [0.1, 0.15) is 5.69 Å². The molecule has 0 spiro atoms. The first-order valence-corrected chi connectivity index (χ1v) is 5.88. The van der Waals surface area contributed by atoms with E-state index in [9.17, 15) is 9.59 Å². The number of hydrogen-bond donors (Lipinski definition) is 2. The number of nitrogens with zero attached hydrogens (tertiary/aromatic N) is 2. The second-order valence-corrected chi connectivity index (χ2v) is 4.35. The topological polar surface area (TPSA) is 92.2 Å². The quantitative estimate of drug-likeness (QED) is 0.852. The van der Waals surface area contributed by atoms with E-state index in [0.29, 0.717) is 16.9 Å². The highest BCUT2D eigenvalue weighted by atomic mass is 32.1. The lowest BCUT2D eigenvalue weighted by atomic mass is 10.0. The van der Waals surface area contributed by atoms with Gasteiger partial charge in [0.2, 0.25) is 5.91 Å². The minimum atomic E-state index is -1.12. The van der Waals surface area contributed by atoms with Crippen LogP contribution < -0.4 is 5.32 Å². The minimum absolute atomic E-state index is 0.0762. The molecule has 2 heterocycles. The van der Waals surface area contributed by atoms with E-state index in [-0.39, 0.29) is 18.0 Å². The number of rotatable bonds is 2. The first-order chi connectivity index (χ1) is 8.66. The Labute approximate surface area is 106 Å². The fourth-order valence-electron chi connectivity index (χ4n) is 1.98. The fraction of sp³-hybridized carbons (Fsp3) is 0.0909. The van der Waals surface area contributed by atoms with Crippen molar-refractivity contribution in [2.75, 3.05) is 5.32 Å². The summed E-state index contributed by atoms with van der Waals surface area (Å²) >= 11 is 0.849. The summed E-state index contributed by atoms with van der Waals surface area (Å²) < 4.78 is 7.78. The van der Waals surface area contributed by atoms with Crippen LogP contribution in [0.25, 0.3) is 11.3 Å². The van der Waals surface area contributed by atoms with E-state index in [1.807, 2.05) is 0 Å². The highest BCUT2D eigenvalue weighted by Gasteiger charge is 2.25. The van der Waals surface area contributed by atoms with Crippen molar-refractivity contribution in [3.05, 3.63) is 29.5 Å². The number of carboxylic acid groups (broad SMARTS) is 1. The zero-order valence-corrected chi connectivity index (χ0v) is 9.82. The van der Waals surface area contributed by atoms with Crippen LogP contribution in [0.15, 0.2) is 18.2 Å². The standard InChI is InChI=1S/C11H7N3O3S/c15-8-4-6-5(2-1-3-7(6)12-8)9-10(11(16)17)14-18-13-9/h1-3H,4H2,(H,12,15)(H,16,17). The Bertz CT molecular complexity index is 665. The first-order valence-electron chi connectivity index (χ1n) is 5.15. The third-order valence-electron chi connectivity index (χ3n) is 2.73. The Kier molecular flexibility index (Phi) is 2.34. The molecular weight excluding hydrogens is 254 g/mol. The third kappa shape index (κ3) is 1.56. The highest BCUT2D eigenvalue weighted by Crippen LogP contribution is 2.33. The average Bonchev–Trinajstić information content (AvgIpc) is 2.92. The molecular formula is C11H7N3O3S. The summed E-state index contributed by atoms with van der Waals surface area (Å²) in [5.74, 6) is -1.22. The van der Waals surface area contributed by atoms with Gasteiger partial charge in [-0.3, -0.25) is 4.79 Å². The zero-order valence-electron chi connectivity index (χ0n) is 9.01. The average molecular weight is 261 g/mol. The summed E-state index contributed by atoms with van der Waals surface area (Å²) in [4.78, 5) is 22.4. The van der Waals surface area contributed by atoms with Gasteiger partial charge >= 0.3 is 5.97 Å². The van der Waals surface area contributed by atoms with E-state index in [1.54, 1.807) is 18.2 Å². The largest absolute Gasteiger partial charge is 0.476 e. The Hall–Kier alpha value is -2.28. The lowest BCUT2D eigenvalue weighted by Crippen LogP contribution is -2.03. The van der Waals surface area contributed by atoms with Gasteiger partial charge in [0.25, 0.3) is 0 Å². The fourth-order valence-corrected chi connectivity index (χ4v) is 2.53. The van der Waals surface area contributed by atoms with Gasteiger partial charge in [0.15, 0.2) is 5.69 Å². The lowest BCUT2D eigenvalue weighted by Gasteiger charge is -2.04. The smallest absolute Gasteiger partial charge is 0.357 e. The van der Waals surface area contributed by atoms with Gasteiger partial charge in [-0.1, -0.05) is 12.1 Å². The number of carbonyl (C=O) groups excluding carboxylic acids is 1. The molecule has 0 radical (unpaired) electrons. The van der Waals surface area contributed by atoms with Crippen LogP contribution >= 0.6 is 11.7 Å². The maximum absolute atomic E-state index is 11.4. The molecule has 18 heavy (non-hydrogen) atoms. The number of hydrogen-bond acceptors (Lipinski definition) is 5. The number of carbonyl (C=O) groups is 2. The van der Waals surface area contributed by atoms with Crippen LogP contribution in [-0.4, -0.2) is 25.7 Å². The number of nitrogens with one attached hydrogen (secondary N) is 1. The number of amides is 1. The molecule has 7 heteroatoms.